The van der Waals surface area contributed by atoms with E-state index in [1.807, 2.05) is 0 Å². The molecule has 1 saturated carbocycles. The highest BCUT2D eigenvalue weighted by atomic mass is 16.4. The van der Waals surface area contributed by atoms with Crippen LogP contribution in [0.5, 0.6) is 0 Å². The molecule has 14 heavy (non-hydrogen) atoms. The van der Waals surface area contributed by atoms with Crippen molar-refractivity contribution in [2.75, 3.05) is 0 Å². The SMILES string of the molecule is CCC(NC(=O)C1CC(C)C1)C(=O)O. The summed E-state index contributed by atoms with van der Waals surface area (Å²) in [6, 6.07) is -0.724. The lowest BCUT2D eigenvalue weighted by Crippen LogP contribution is -2.46. The van der Waals surface area contributed by atoms with Crippen LogP contribution in [0.1, 0.15) is 33.1 Å². The average molecular weight is 199 g/mol. The van der Waals surface area contributed by atoms with Gasteiger partial charge in [0.25, 0.3) is 0 Å². The molecule has 1 amide bonds. The Morgan fingerprint density at radius 2 is 2.07 bits per heavy atom. The Kier molecular flexibility index (Phi) is 3.49. The maximum atomic E-state index is 11.5. The molecule has 1 rings (SSSR count). The van der Waals surface area contributed by atoms with Crippen LogP contribution in [-0.4, -0.2) is 23.0 Å². The van der Waals surface area contributed by atoms with Gasteiger partial charge in [0.1, 0.15) is 6.04 Å². The minimum Gasteiger partial charge on any atom is -0.480 e. The van der Waals surface area contributed by atoms with E-state index in [0.29, 0.717) is 12.3 Å². The van der Waals surface area contributed by atoms with Gasteiger partial charge in [-0.05, 0) is 25.2 Å². The molecule has 1 atom stereocenters. The summed E-state index contributed by atoms with van der Waals surface area (Å²) >= 11 is 0. The number of hydrogen-bond acceptors (Lipinski definition) is 2. The Labute approximate surface area is 83.7 Å². The zero-order chi connectivity index (χ0) is 10.7. The van der Waals surface area contributed by atoms with Crippen LogP contribution in [0.4, 0.5) is 0 Å². The molecule has 4 nitrogen and oxygen atoms in total. The van der Waals surface area contributed by atoms with Gasteiger partial charge in [0.15, 0.2) is 0 Å². The highest BCUT2D eigenvalue weighted by molar-refractivity contribution is 5.85. The van der Waals surface area contributed by atoms with E-state index in [0.717, 1.165) is 12.8 Å². The zero-order valence-corrected chi connectivity index (χ0v) is 8.62. The van der Waals surface area contributed by atoms with Gasteiger partial charge in [0.2, 0.25) is 5.91 Å². The number of carbonyl (C=O) groups is 2. The molecule has 2 N–H and O–H groups in total. The van der Waals surface area contributed by atoms with E-state index in [4.69, 9.17) is 5.11 Å². The Hall–Kier alpha value is -1.06. The van der Waals surface area contributed by atoms with Gasteiger partial charge in [0, 0.05) is 5.92 Å². The fourth-order valence-corrected chi connectivity index (χ4v) is 1.74. The normalized spacial score (nSPS) is 27.6. The highest BCUT2D eigenvalue weighted by Crippen LogP contribution is 2.33. The summed E-state index contributed by atoms with van der Waals surface area (Å²) in [5, 5.41) is 11.3. The summed E-state index contributed by atoms with van der Waals surface area (Å²) < 4.78 is 0. The van der Waals surface area contributed by atoms with Crippen molar-refractivity contribution in [3.8, 4) is 0 Å². The summed E-state index contributed by atoms with van der Waals surface area (Å²) in [7, 11) is 0. The van der Waals surface area contributed by atoms with Crippen molar-refractivity contribution in [1.29, 1.82) is 0 Å². The van der Waals surface area contributed by atoms with Crippen molar-refractivity contribution in [1.82, 2.24) is 5.32 Å². The largest absolute Gasteiger partial charge is 0.480 e. The molecule has 1 aliphatic rings. The lowest BCUT2D eigenvalue weighted by Gasteiger charge is -2.32. The molecule has 1 aliphatic carbocycles. The molecule has 0 spiro atoms. The van der Waals surface area contributed by atoms with E-state index in [2.05, 4.69) is 12.2 Å². The number of rotatable bonds is 4. The van der Waals surface area contributed by atoms with Gasteiger partial charge in [-0.15, -0.1) is 0 Å². The molecule has 4 heteroatoms. The van der Waals surface area contributed by atoms with Crippen molar-refractivity contribution in [3.63, 3.8) is 0 Å². The van der Waals surface area contributed by atoms with Gasteiger partial charge in [-0.3, -0.25) is 4.79 Å². The third-order valence-corrected chi connectivity index (χ3v) is 2.77. The number of hydrogen-bond donors (Lipinski definition) is 2. The van der Waals surface area contributed by atoms with Crippen LogP contribution < -0.4 is 5.32 Å². The summed E-state index contributed by atoms with van der Waals surface area (Å²) in [6.07, 6.45) is 2.22. The quantitative estimate of drug-likeness (QED) is 0.710. The number of carboxylic acid groups (broad SMARTS) is 1. The summed E-state index contributed by atoms with van der Waals surface area (Å²) in [4.78, 5) is 22.1. The minimum atomic E-state index is -0.951. The van der Waals surface area contributed by atoms with E-state index in [-0.39, 0.29) is 11.8 Å². The molecule has 0 heterocycles. The van der Waals surface area contributed by atoms with Crippen LogP contribution >= 0.6 is 0 Å². The van der Waals surface area contributed by atoms with Gasteiger partial charge in [-0.25, -0.2) is 4.79 Å². The maximum Gasteiger partial charge on any atom is 0.326 e. The Bertz CT molecular complexity index is 234. The number of aliphatic carboxylic acids is 1. The predicted molar refractivity (Wildman–Crippen MR) is 51.7 cm³/mol. The molecule has 0 saturated heterocycles. The Morgan fingerprint density at radius 1 is 1.50 bits per heavy atom. The van der Waals surface area contributed by atoms with Crippen LogP contribution in [0, 0.1) is 11.8 Å². The molecule has 0 radical (unpaired) electrons. The van der Waals surface area contributed by atoms with Crippen LogP contribution in [0.2, 0.25) is 0 Å². The molecule has 1 unspecified atom stereocenters. The molecular weight excluding hydrogens is 182 g/mol. The van der Waals surface area contributed by atoms with Gasteiger partial charge in [0.05, 0.1) is 0 Å². The monoisotopic (exact) mass is 199 g/mol. The Morgan fingerprint density at radius 3 is 2.43 bits per heavy atom. The highest BCUT2D eigenvalue weighted by Gasteiger charge is 2.33. The van der Waals surface area contributed by atoms with Crippen LogP contribution in [0.15, 0.2) is 0 Å². The van der Waals surface area contributed by atoms with Crippen LogP contribution in [0.3, 0.4) is 0 Å². The average Bonchev–Trinajstić information content (AvgIpc) is 2.08. The van der Waals surface area contributed by atoms with Crippen LogP contribution in [0.25, 0.3) is 0 Å². The standard InChI is InChI=1S/C10H17NO3/c1-3-8(10(13)14)11-9(12)7-4-6(2)5-7/h6-8H,3-5H2,1-2H3,(H,11,12)(H,13,14). The first-order valence-corrected chi connectivity index (χ1v) is 5.07. The molecule has 0 aromatic carbocycles. The molecule has 0 aromatic rings. The first-order chi connectivity index (χ1) is 6.54. The van der Waals surface area contributed by atoms with Gasteiger partial charge in [-0.1, -0.05) is 13.8 Å². The maximum absolute atomic E-state index is 11.5. The predicted octanol–water partition coefficient (Wildman–Crippen LogP) is 1.01. The van der Waals surface area contributed by atoms with Crippen molar-refractivity contribution in [2.24, 2.45) is 11.8 Å². The minimum absolute atomic E-state index is 0.0402. The number of amides is 1. The van der Waals surface area contributed by atoms with E-state index in [9.17, 15) is 9.59 Å². The second-order valence-corrected chi connectivity index (χ2v) is 4.08. The van der Waals surface area contributed by atoms with Crippen molar-refractivity contribution < 1.29 is 14.7 Å². The van der Waals surface area contributed by atoms with E-state index in [1.54, 1.807) is 6.92 Å². The van der Waals surface area contributed by atoms with Crippen LogP contribution in [-0.2, 0) is 9.59 Å². The molecule has 80 valence electrons. The molecule has 1 fully saturated rings. The first-order valence-electron chi connectivity index (χ1n) is 5.07. The second kappa shape index (κ2) is 4.44. The van der Waals surface area contributed by atoms with E-state index < -0.39 is 12.0 Å². The first kappa shape index (κ1) is 11.0. The summed E-state index contributed by atoms with van der Waals surface area (Å²) in [5.74, 6) is -0.403. The molecule has 0 bridgehead atoms. The third kappa shape index (κ3) is 2.47. The lowest BCUT2D eigenvalue weighted by atomic mass is 9.75. The second-order valence-electron chi connectivity index (χ2n) is 4.08. The fourth-order valence-electron chi connectivity index (χ4n) is 1.74. The smallest absolute Gasteiger partial charge is 0.326 e. The zero-order valence-electron chi connectivity index (χ0n) is 8.62. The summed E-state index contributed by atoms with van der Waals surface area (Å²) in [5.41, 5.74) is 0. The van der Waals surface area contributed by atoms with Crippen molar-refractivity contribution in [3.05, 3.63) is 0 Å². The summed E-state index contributed by atoms with van der Waals surface area (Å²) in [6.45, 7) is 3.85. The van der Waals surface area contributed by atoms with Crippen molar-refractivity contribution in [2.45, 2.75) is 39.2 Å². The Balaban J connectivity index is 2.35. The van der Waals surface area contributed by atoms with Gasteiger partial charge in [-0.2, -0.15) is 0 Å². The van der Waals surface area contributed by atoms with E-state index >= 15 is 0 Å². The lowest BCUT2D eigenvalue weighted by molar-refractivity contribution is -0.143. The molecular formula is C10H17NO3. The van der Waals surface area contributed by atoms with Gasteiger partial charge < -0.3 is 10.4 Å². The number of carboxylic acids is 1. The third-order valence-electron chi connectivity index (χ3n) is 2.77. The fraction of sp³-hybridized carbons (Fsp3) is 0.800. The molecule has 0 aliphatic heterocycles. The molecule has 0 aromatic heterocycles. The number of nitrogens with one attached hydrogen (secondary N) is 1. The van der Waals surface area contributed by atoms with E-state index in [1.165, 1.54) is 0 Å². The van der Waals surface area contributed by atoms with Crippen molar-refractivity contribution >= 4 is 11.9 Å². The number of carbonyl (C=O) groups excluding carboxylic acids is 1. The topological polar surface area (TPSA) is 66.4 Å². The van der Waals surface area contributed by atoms with Gasteiger partial charge >= 0.3 is 5.97 Å².